The molecule has 0 aromatic carbocycles. The fraction of sp³-hybridized carbons (Fsp3) is 0.417. The summed E-state index contributed by atoms with van der Waals surface area (Å²) in [4.78, 5) is 11.5. The third-order valence-electron chi connectivity index (χ3n) is 2.79. The molecule has 14 heavy (non-hydrogen) atoms. The first kappa shape index (κ1) is 9.25. The Morgan fingerprint density at radius 1 is 1.43 bits per heavy atom. The first-order valence-electron chi connectivity index (χ1n) is 4.99. The number of aromatic nitrogens is 1. The molecule has 1 aliphatic rings. The van der Waals surface area contributed by atoms with Crippen LogP contribution in [0.1, 0.15) is 25.0 Å². The summed E-state index contributed by atoms with van der Waals surface area (Å²) in [6, 6.07) is 1.76. The molecule has 0 aliphatic heterocycles. The third-order valence-corrected chi connectivity index (χ3v) is 2.79. The molecular formula is C12H15NO. The van der Waals surface area contributed by atoms with Crippen molar-refractivity contribution in [2.24, 2.45) is 13.0 Å². The van der Waals surface area contributed by atoms with E-state index in [1.807, 2.05) is 6.20 Å². The van der Waals surface area contributed by atoms with Gasteiger partial charge in [-0.25, -0.2) is 0 Å². The first-order chi connectivity index (χ1) is 6.59. The maximum atomic E-state index is 11.5. The number of pyridine rings is 1. The SMILES string of the molecule is CC(C)C1=CCc2cn(C)c(=O)cc21. The lowest BCUT2D eigenvalue weighted by molar-refractivity contribution is 0.837. The molecule has 1 aromatic heterocycles. The molecule has 1 aliphatic carbocycles. The minimum Gasteiger partial charge on any atom is -0.318 e. The molecule has 0 radical (unpaired) electrons. The van der Waals surface area contributed by atoms with Crippen LogP contribution in [0.2, 0.25) is 0 Å². The topological polar surface area (TPSA) is 22.0 Å². The Balaban J connectivity index is 2.57. The van der Waals surface area contributed by atoms with Crippen LogP contribution in [0.3, 0.4) is 0 Å². The van der Waals surface area contributed by atoms with E-state index in [0.717, 1.165) is 12.0 Å². The van der Waals surface area contributed by atoms with Crippen molar-refractivity contribution in [3.8, 4) is 0 Å². The van der Waals surface area contributed by atoms with Crippen LogP contribution in [-0.4, -0.2) is 4.57 Å². The smallest absolute Gasteiger partial charge is 0.250 e. The molecular weight excluding hydrogens is 174 g/mol. The molecule has 0 unspecified atom stereocenters. The number of fused-ring (bicyclic) bond motifs is 1. The van der Waals surface area contributed by atoms with Gasteiger partial charge in [-0.2, -0.15) is 0 Å². The van der Waals surface area contributed by atoms with Crippen LogP contribution in [0.4, 0.5) is 0 Å². The van der Waals surface area contributed by atoms with Crippen LogP contribution in [0, 0.1) is 5.92 Å². The Labute approximate surface area is 83.9 Å². The zero-order valence-electron chi connectivity index (χ0n) is 8.87. The second-order valence-corrected chi connectivity index (χ2v) is 4.18. The Bertz CT molecular complexity index is 452. The molecule has 1 aromatic rings. The van der Waals surface area contributed by atoms with Crippen LogP contribution in [0.15, 0.2) is 23.1 Å². The van der Waals surface area contributed by atoms with Crippen LogP contribution < -0.4 is 5.56 Å². The summed E-state index contributed by atoms with van der Waals surface area (Å²) in [7, 11) is 1.80. The monoisotopic (exact) mass is 189 g/mol. The van der Waals surface area contributed by atoms with Crippen molar-refractivity contribution < 1.29 is 0 Å². The van der Waals surface area contributed by atoms with Gasteiger partial charge in [-0.15, -0.1) is 0 Å². The average molecular weight is 189 g/mol. The number of nitrogens with zero attached hydrogens (tertiary/aromatic N) is 1. The highest BCUT2D eigenvalue weighted by Crippen LogP contribution is 2.31. The van der Waals surface area contributed by atoms with E-state index in [9.17, 15) is 4.79 Å². The van der Waals surface area contributed by atoms with Crippen molar-refractivity contribution in [1.29, 1.82) is 0 Å². The van der Waals surface area contributed by atoms with Gasteiger partial charge in [0.15, 0.2) is 0 Å². The van der Waals surface area contributed by atoms with Gasteiger partial charge in [-0.3, -0.25) is 4.79 Å². The van der Waals surface area contributed by atoms with Gasteiger partial charge in [-0.1, -0.05) is 19.9 Å². The van der Waals surface area contributed by atoms with Crippen molar-refractivity contribution in [2.45, 2.75) is 20.3 Å². The maximum absolute atomic E-state index is 11.5. The second kappa shape index (κ2) is 3.12. The predicted octanol–water partition coefficient (Wildman–Crippen LogP) is 1.98. The third kappa shape index (κ3) is 1.31. The molecule has 0 N–H and O–H groups in total. The summed E-state index contributed by atoms with van der Waals surface area (Å²) < 4.78 is 1.65. The minimum absolute atomic E-state index is 0.0807. The lowest BCUT2D eigenvalue weighted by atomic mass is 9.98. The molecule has 1 heterocycles. The van der Waals surface area contributed by atoms with E-state index in [2.05, 4.69) is 19.9 Å². The molecule has 2 rings (SSSR count). The van der Waals surface area contributed by atoms with Gasteiger partial charge in [-0.05, 0) is 29.0 Å². The Kier molecular flexibility index (Phi) is 2.06. The van der Waals surface area contributed by atoms with Crippen molar-refractivity contribution in [1.82, 2.24) is 4.57 Å². The molecule has 0 atom stereocenters. The summed E-state index contributed by atoms with van der Waals surface area (Å²) in [6.45, 7) is 4.33. The summed E-state index contributed by atoms with van der Waals surface area (Å²) in [5.41, 5.74) is 3.83. The maximum Gasteiger partial charge on any atom is 0.250 e. The van der Waals surface area contributed by atoms with Crippen molar-refractivity contribution in [3.63, 3.8) is 0 Å². The molecule has 2 nitrogen and oxygen atoms in total. The molecule has 0 saturated heterocycles. The molecule has 0 fully saturated rings. The number of hydrogen-bond donors (Lipinski definition) is 0. The Morgan fingerprint density at radius 3 is 2.79 bits per heavy atom. The fourth-order valence-corrected chi connectivity index (χ4v) is 1.99. The van der Waals surface area contributed by atoms with Gasteiger partial charge in [0.1, 0.15) is 0 Å². The lowest BCUT2D eigenvalue weighted by Gasteiger charge is -2.09. The zero-order valence-corrected chi connectivity index (χ0v) is 8.87. The molecule has 0 amide bonds. The highest BCUT2D eigenvalue weighted by atomic mass is 16.1. The van der Waals surface area contributed by atoms with Gasteiger partial charge in [0.25, 0.3) is 5.56 Å². The highest BCUT2D eigenvalue weighted by molar-refractivity contribution is 5.73. The number of rotatable bonds is 1. The minimum atomic E-state index is 0.0807. The zero-order chi connectivity index (χ0) is 10.3. The van der Waals surface area contributed by atoms with E-state index in [1.54, 1.807) is 17.7 Å². The number of hydrogen-bond acceptors (Lipinski definition) is 1. The first-order valence-corrected chi connectivity index (χ1v) is 4.99. The molecule has 74 valence electrons. The summed E-state index contributed by atoms with van der Waals surface area (Å²) in [5, 5.41) is 0. The van der Waals surface area contributed by atoms with Gasteiger partial charge in [0, 0.05) is 19.3 Å². The normalized spacial score (nSPS) is 14.4. The van der Waals surface area contributed by atoms with Crippen LogP contribution >= 0.6 is 0 Å². The van der Waals surface area contributed by atoms with E-state index >= 15 is 0 Å². The highest BCUT2D eigenvalue weighted by Gasteiger charge is 2.17. The van der Waals surface area contributed by atoms with E-state index < -0.39 is 0 Å². The largest absolute Gasteiger partial charge is 0.318 e. The molecule has 0 bridgehead atoms. The van der Waals surface area contributed by atoms with E-state index in [0.29, 0.717) is 5.92 Å². The van der Waals surface area contributed by atoms with Crippen molar-refractivity contribution >= 4 is 5.57 Å². The molecule has 2 heteroatoms. The fourth-order valence-electron chi connectivity index (χ4n) is 1.99. The van der Waals surface area contributed by atoms with Crippen LogP contribution in [0.5, 0.6) is 0 Å². The number of allylic oxidation sites excluding steroid dienone is 2. The van der Waals surface area contributed by atoms with Gasteiger partial charge in [0.05, 0.1) is 0 Å². The predicted molar refractivity (Wildman–Crippen MR) is 58.2 cm³/mol. The lowest BCUT2D eigenvalue weighted by Crippen LogP contribution is -2.16. The Morgan fingerprint density at radius 2 is 2.14 bits per heavy atom. The molecule has 0 spiro atoms. The average Bonchev–Trinajstić information content (AvgIpc) is 2.48. The van der Waals surface area contributed by atoms with Gasteiger partial charge >= 0.3 is 0 Å². The Hall–Kier alpha value is -1.31. The van der Waals surface area contributed by atoms with Gasteiger partial charge in [0.2, 0.25) is 0 Å². The standard InChI is InChI=1S/C12H15NO/c1-8(2)10-5-4-9-7-13(3)12(14)6-11(9)10/h5-8H,4H2,1-3H3. The van der Waals surface area contributed by atoms with E-state index in [1.165, 1.54) is 11.1 Å². The van der Waals surface area contributed by atoms with E-state index in [-0.39, 0.29) is 5.56 Å². The summed E-state index contributed by atoms with van der Waals surface area (Å²) in [6.07, 6.45) is 5.15. The van der Waals surface area contributed by atoms with Crippen molar-refractivity contribution in [2.75, 3.05) is 0 Å². The summed E-state index contributed by atoms with van der Waals surface area (Å²) >= 11 is 0. The number of aryl methyl sites for hydroxylation is 1. The molecule has 0 saturated carbocycles. The van der Waals surface area contributed by atoms with Crippen LogP contribution in [-0.2, 0) is 13.5 Å². The van der Waals surface area contributed by atoms with E-state index in [4.69, 9.17) is 0 Å². The second-order valence-electron chi connectivity index (χ2n) is 4.18. The van der Waals surface area contributed by atoms with Gasteiger partial charge < -0.3 is 4.57 Å². The van der Waals surface area contributed by atoms with Crippen molar-refractivity contribution in [3.05, 3.63) is 39.8 Å². The van der Waals surface area contributed by atoms with Crippen LogP contribution in [0.25, 0.3) is 5.57 Å². The quantitative estimate of drug-likeness (QED) is 0.662. The summed E-state index contributed by atoms with van der Waals surface area (Å²) in [5.74, 6) is 0.503.